The zero-order chi connectivity index (χ0) is 19.3. The van der Waals surface area contributed by atoms with E-state index in [1.165, 1.54) is 89.9 Å². The van der Waals surface area contributed by atoms with E-state index in [1.54, 1.807) is 0 Å². The van der Waals surface area contributed by atoms with E-state index in [0.717, 1.165) is 19.4 Å². The topological polar surface area (TPSA) is 29.5 Å². The Morgan fingerprint density at radius 1 is 0.654 bits per heavy atom. The van der Waals surface area contributed by atoms with Crippen molar-refractivity contribution in [3.8, 4) is 0 Å². The lowest BCUT2D eigenvalue weighted by Crippen LogP contribution is -2.15. The average Bonchev–Trinajstić information content (AvgIpc) is 2.61. The maximum absolute atomic E-state index is 11.5. The minimum Gasteiger partial charge on any atom is -0.466 e. The van der Waals surface area contributed by atoms with Crippen LogP contribution in [0.5, 0.6) is 0 Å². The molecule has 0 atom stereocenters. The van der Waals surface area contributed by atoms with Crippen LogP contribution in [0.1, 0.15) is 116 Å². The molecule has 3 nitrogen and oxygen atoms in total. The van der Waals surface area contributed by atoms with E-state index in [4.69, 9.17) is 4.74 Å². The summed E-state index contributed by atoms with van der Waals surface area (Å²) in [6, 6.07) is 0. The Kier molecular flexibility index (Phi) is 20.3. The molecule has 0 rings (SSSR count). The molecule has 0 fully saturated rings. The van der Waals surface area contributed by atoms with E-state index in [-0.39, 0.29) is 5.97 Å². The van der Waals surface area contributed by atoms with Crippen LogP contribution in [0.15, 0.2) is 0 Å². The summed E-state index contributed by atoms with van der Waals surface area (Å²) in [6.45, 7) is 3.84. The number of rotatable bonds is 20. The molecule has 0 radical (unpaired) electrons. The average molecular weight is 370 g/mol. The third kappa shape index (κ3) is 21.5. The Hall–Kier alpha value is -0.570. The van der Waals surface area contributed by atoms with Crippen molar-refractivity contribution in [1.82, 2.24) is 4.90 Å². The molecule has 0 N–H and O–H groups in total. The second kappa shape index (κ2) is 20.7. The highest BCUT2D eigenvalue weighted by Gasteiger charge is 2.02. The predicted octanol–water partition coefficient (Wildman–Crippen LogP) is 6.74. The molecular weight excluding hydrogens is 322 g/mol. The minimum atomic E-state index is -0.0304. The Labute approximate surface area is 164 Å². The summed E-state index contributed by atoms with van der Waals surface area (Å²) in [7, 11) is 4.06. The molecule has 0 aromatic rings. The first kappa shape index (κ1) is 25.4. The summed E-state index contributed by atoms with van der Waals surface area (Å²) in [5, 5.41) is 0. The van der Waals surface area contributed by atoms with Crippen LogP contribution >= 0.6 is 0 Å². The maximum Gasteiger partial charge on any atom is 0.305 e. The van der Waals surface area contributed by atoms with Gasteiger partial charge in [-0.2, -0.15) is 0 Å². The Balaban J connectivity index is 3.10. The third-order valence-corrected chi connectivity index (χ3v) is 5.00. The second-order valence-corrected chi connectivity index (χ2v) is 8.08. The molecule has 0 spiro atoms. The number of carbonyl (C=O) groups is 1. The normalized spacial score (nSPS) is 11.2. The molecular formula is C23H47NO2. The zero-order valence-corrected chi connectivity index (χ0v) is 18.2. The Morgan fingerprint density at radius 3 is 1.50 bits per heavy atom. The molecule has 0 aromatic heterocycles. The van der Waals surface area contributed by atoms with Gasteiger partial charge in [-0.1, -0.05) is 96.8 Å². The SMILES string of the molecule is CCCCCCCCCCCCCCCCCOC(=O)CCCN(C)C. The van der Waals surface area contributed by atoms with E-state index >= 15 is 0 Å². The van der Waals surface area contributed by atoms with E-state index in [0.29, 0.717) is 13.0 Å². The van der Waals surface area contributed by atoms with Gasteiger partial charge in [-0.05, 0) is 33.5 Å². The van der Waals surface area contributed by atoms with Gasteiger partial charge in [0.1, 0.15) is 0 Å². The smallest absolute Gasteiger partial charge is 0.305 e. The molecule has 0 saturated carbocycles. The first-order chi connectivity index (χ1) is 12.7. The first-order valence-corrected chi connectivity index (χ1v) is 11.5. The molecule has 0 aliphatic heterocycles. The lowest BCUT2D eigenvalue weighted by atomic mass is 10.0. The van der Waals surface area contributed by atoms with Crippen molar-refractivity contribution in [2.24, 2.45) is 0 Å². The molecule has 0 amide bonds. The number of hydrogen-bond donors (Lipinski definition) is 0. The van der Waals surface area contributed by atoms with Crippen molar-refractivity contribution in [2.45, 2.75) is 116 Å². The van der Waals surface area contributed by atoms with Gasteiger partial charge in [-0.3, -0.25) is 4.79 Å². The van der Waals surface area contributed by atoms with Crippen molar-refractivity contribution in [2.75, 3.05) is 27.2 Å². The van der Waals surface area contributed by atoms with E-state index < -0.39 is 0 Å². The lowest BCUT2D eigenvalue weighted by molar-refractivity contribution is -0.143. The fourth-order valence-electron chi connectivity index (χ4n) is 3.27. The van der Waals surface area contributed by atoms with E-state index in [9.17, 15) is 4.79 Å². The highest BCUT2D eigenvalue weighted by atomic mass is 16.5. The summed E-state index contributed by atoms with van der Waals surface area (Å²) >= 11 is 0. The Morgan fingerprint density at radius 2 is 1.08 bits per heavy atom. The summed E-state index contributed by atoms with van der Waals surface area (Å²) in [4.78, 5) is 13.6. The second-order valence-electron chi connectivity index (χ2n) is 8.08. The molecule has 0 saturated heterocycles. The van der Waals surface area contributed by atoms with Gasteiger partial charge in [0.05, 0.1) is 6.61 Å². The molecule has 156 valence electrons. The molecule has 0 heterocycles. The van der Waals surface area contributed by atoms with Crippen molar-refractivity contribution in [3.63, 3.8) is 0 Å². The molecule has 26 heavy (non-hydrogen) atoms. The summed E-state index contributed by atoms with van der Waals surface area (Å²) < 4.78 is 5.28. The van der Waals surface area contributed by atoms with Crippen LogP contribution in [0, 0.1) is 0 Å². The van der Waals surface area contributed by atoms with Gasteiger partial charge < -0.3 is 9.64 Å². The number of hydrogen-bond acceptors (Lipinski definition) is 3. The quantitative estimate of drug-likeness (QED) is 0.176. The van der Waals surface area contributed by atoms with Crippen LogP contribution in [-0.2, 0) is 9.53 Å². The predicted molar refractivity (Wildman–Crippen MR) is 114 cm³/mol. The largest absolute Gasteiger partial charge is 0.466 e. The highest BCUT2D eigenvalue weighted by Crippen LogP contribution is 2.13. The number of esters is 1. The number of carbonyl (C=O) groups excluding carboxylic acids is 1. The molecule has 3 heteroatoms. The van der Waals surface area contributed by atoms with Crippen LogP contribution < -0.4 is 0 Å². The van der Waals surface area contributed by atoms with Gasteiger partial charge in [0.25, 0.3) is 0 Å². The zero-order valence-electron chi connectivity index (χ0n) is 18.2. The van der Waals surface area contributed by atoms with Crippen molar-refractivity contribution in [3.05, 3.63) is 0 Å². The van der Waals surface area contributed by atoms with Crippen molar-refractivity contribution >= 4 is 5.97 Å². The van der Waals surface area contributed by atoms with Crippen molar-refractivity contribution in [1.29, 1.82) is 0 Å². The minimum absolute atomic E-state index is 0.0304. The summed E-state index contributed by atoms with van der Waals surface area (Å²) in [6.07, 6.45) is 21.9. The standard InChI is InChI=1S/C23H47NO2/c1-4-5-6-7-8-9-10-11-12-13-14-15-16-17-18-22-26-23(25)20-19-21-24(2)3/h4-22H2,1-3H3. The molecule has 0 aromatic carbocycles. The summed E-state index contributed by atoms with van der Waals surface area (Å²) in [5.74, 6) is -0.0304. The van der Waals surface area contributed by atoms with Gasteiger partial charge >= 0.3 is 5.97 Å². The molecule has 0 aliphatic rings. The van der Waals surface area contributed by atoms with Gasteiger partial charge in [0.2, 0.25) is 0 Å². The van der Waals surface area contributed by atoms with Crippen LogP contribution in [0.25, 0.3) is 0 Å². The van der Waals surface area contributed by atoms with E-state index in [1.807, 2.05) is 14.1 Å². The van der Waals surface area contributed by atoms with Crippen LogP contribution in [-0.4, -0.2) is 38.1 Å². The third-order valence-electron chi connectivity index (χ3n) is 5.00. The first-order valence-electron chi connectivity index (χ1n) is 11.5. The fourth-order valence-corrected chi connectivity index (χ4v) is 3.27. The van der Waals surface area contributed by atoms with Crippen LogP contribution in [0.3, 0.4) is 0 Å². The van der Waals surface area contributed by atoms with Gasteiger partial charge in [0.15, 0.2) is 0 Å². The molecule has 0 unspecified atom stereocenters. The lowest BCUT2D eigenvalue weighted by Gasteiger charge is -2.09. The highest BCUT2D eigenvalue weighted by molar-refractivity contribution is 5.69. The monoisotopic (exact) mass is 369 g/mol. The summed E-state index contributed by atoms with van der Waals surface area (Å²) in [5.41, 5.74) is 0. The van der Waals surface area contributed by atoms with Crippen molar-refractivity contribution < 1.29 is 9.53 Å². The number of ether oxygens (including phenoxy) is 1. The van der Waals surface area contributed by atoms with Crippen LogP contribution in [0.4, 0.5) is 0 Å². The van der Waals surface area contributed by atoms with Gasteiger partial charge in [-0.15, -0.1) is 0 Å². The van der Waals surface area contributed by atoms with Crippen LogP contribution in [0.2, 0.25) is 0 Å². The fraction of sp³-hybridized carbons (Fsp3) is 0.957. The maximum atomic E-state index is 11.5. The number of nitrogens with zero attached hydrogens (tertiary/aromatic N) is 1. The van der Waals surface area contributed by atoms with Gasteiger partial charge in [0, 0.05) is 6.42 Å². The van der Waals surface area contributed by atoms with Gasteiger partial charge in [-0.25, -0.2) is 0 Å². The Bertz CT molecular complexity index is 292. The molecule has 0 bridgehead atoms. The van der Waals surface area contributed by atoms with E-state index in [2.05, 4.69) is 11.8 Å². The number of unbranched alkanes of at least 4 members (excludes halogenated alkanes) is 14. The molecule has 0 aliphatic carbocycles.